The van der Waals surface area contributed by atoms with Gasteiger partial charge in [-0.1, -0.05) is 13.8 Å². The van der Waals surface area contributed by atoms with Crippen LogP contribution in [0.4, 0.5) is 11.6 Å². The Morgan fingerprint density at radius 1 is 1.47 bits per heavy atom. The third-order valence-electron chi connectivity index (χ3n) is 2.20. The van der Waals surface area contributed by atoms with E-state index < -0.39 is 6.04 Å². The van der Waals surface area contributed by atoms with Gasteiger partial charge in [0.15, 0.2) is 0 Å². The summed E-state index contributed by atoms with van der Waals surface area (Å²) in [6.45, 7) is 4.07. The molecule has 0 aliphatic heterocycles. The fourth-order valence-corrected chi connectivity index (χ4v) is 1.43. The Hall–Kier alpha value is -1.85. The van der Waals surface area contributed by atoms with E-state index in [4.69, 9.17) is 10.5 Å². The van der Waals surface area contributed by atoms with Gasteiger partial charge < -0.3 is 15.8 Å². The van der Waals surface area contributed by atoms with Crippen LogP contribution in [0, 0.1) is 5.92 Å². The van der Waals surface area contributed by atoms with E-state index in [2.05, 4.69) is 15.5 Å². The number of methoxy groups -OCH3 is 1. The van der Waals surface area contributed by atoms with Crippen molar-refractivity contribution in [2.75, 3.05) is 18.2 Å². The van der Waals surface area contributed by atoms with Crippen molar-refractivity contribution in [2.45, 2.75) is 26.3 Å². The zero-order valence-electron chi connectivity index (χ0n) is 10.3. The summed E-state index contributed by atoms with van der Waals surface area (Å²) in [6.07, 6.45) is 0.665. The second kappa shape index (κ2) is 6.03. The Kier molecular flexibility index (Phi) is 4.68. The molecule has 0 spiro atoms. The van der Waals surface area contributed by atoms with Crippen LogP contribution in [-0.4, -0.2) is 29.3 Å². The number of ether oxygens (including phenoxy) is 1. The highest BCUT2D eigenvalue weighted by molar-refractivity contribution is 5.78. The van der Waals surface area contributed by atoms with Crippen LogP contribution < -0.4 is 11.1 Å². The van der Waals surface area contributed by atoms with Gasteiger partial charge in [0.1, 0.15) is 17.7 Å². The average Bonchev–Trinajstić information content (AvgIpc) is 2.29. The fourth-order valence-electron chi connectivity index (χ4n) is 1.43. The first-order valence-corrected chi connectivity index (χ1v) is 5.46. The number of anilines is 2. The van der Waals surface area contributed by atoms with Crippen LogP contribution in [0.15, 0.2) is 12.1 Å². The number of rotatable bonds is 5. The summed E-state index contributed by atoms with van der Waals surface area (Å²) in [7, 11) is 1.37. The molecular formula is C11H18N4O2. The Morgan fingerprint density at radius 2 is 2.18 bits per heavy atom. The molecule has 6 heteroatoms. The van der Waals surface area contributed by atoms with E-state index in [0.717, 1.165) is 0 Å². The lowest BCUT2D eigenvalue weighted by Gasteiger charge is -2.18. The molecule has 1 unspecified atom stereocenters. The average molecular weight is 238 g/mol. The summed E-state index contributed by atoms with van der Waals surface area (Å²) < 4.78 is 4.73. The predicted octanol–water partition coefficient (Wildman–Crippen LogP) is 1.06. The van der Waals surface area contributed by atoms with Crippen LogP contribution >= 0.6 is 0 Å². The minimum absolute atomic E-state index is 0.308. The molecule has 1 rings (SSSR count). The smallest absolute Gasteiger partial charge is 0.328 e. The van der Waals surface area contributed by atoms with Crippen molar-refractivity contribution >= 4 is 17.6 Å². The van der Waals surface area contributed by atoms with Crippen molar-refractivity contribution < 1.29 is 9.53 Å². The minimum atomic E-state index is -0.419. The van der Waals surface area contributed by atoms with Gasteiger partial charge in [-0.15, -0.1) is 10.2 Å². The standard InChI is InChI=1S/C11H18N4O2/c1-7(2)6-8(11(16)17-3)13-10-5-4-9(12)14-15-10/h4-5,7-8H,6H2,1-3H3,(H2,12,14)(H,13,15). The summed E-state index contributed by atoms with van der Waals surface area (Å²) in [4.78, 5) is 11.6. The molecule has 94 valence electrons. The SMILES string of the molecule is COC(=O)C(CC(C)C)Nc1ccc(N)nn1. The highest BCUT2D eigenvalue weighted by atomic mass is 16.5. The Bertz CT molecular complexity index is 364. The molecule has 0 amide bonds. The molecule has 0 radical (unpaired) electrons. The molecule has 1 aromatic heterocycles. The van der Waals surface area contributed by atoms with Crippen LogP contribution in [0.5, 0.6) is 0 Å². The topological polar surface area (TPSA) is 90.1 Å². The number of nitrogens with one attached hydrogen (secondary N) is 1. The number of carbonyl (C=O) groups excluding carboxylic acids is 1. The fraction of sp³-hybridized carbons (Fsp3) is 0.545. The maximum absolute atomic E-state index is 11.6. The van der Waals surface area contributed by atoms with Gasteiger partial charge in [0, 0.05) is 0 Å². The number of aromatic nitrogens is 2. The quantitative estimate of drug-likeness (QED) is 0.745. The normalized spacial score (nSPS) is 12.2. The van der Waals surface area contributed by atoms with Crippen LogP contribution in [0.25, 0.3) is 0 Å². The number of esters is 1. The summed E-state index contributed by atoms with van der Waals surface area (Å²) in [5.41, 5.74) is 5.43. The van der Waals surface area contributed by atoms with E-state index in [1.807, 2.05) is 13.8 Å². The maximum atomic E-state index is 11.6. The third kappa shape index (κ3) is 4.26. The van der Waals surface area contributed by atoms with Gasteiger partial charge in [0.25, 0.3) is 0 Å². The summed E-state index contributed by atoms with van der Waals surface area (Å²) in [6, 6.07) is 2.88. The molecule has 0 fully saturated rings. The van der Waals surface area contributed by atoms with E-state index in [1.54, 1.807) is 12.1 Å². The molecule has 1 aromatic rings. The van der Waals surface area contributed by atoms with Crippen molar-refractivity contribution in [2.24, 2.45) is 5.92 Å². The maximum Gasteiger partial charge on any atom is 0.328 e. The molecule has 1 heterocycles. The third-order valence-corrected chi connectivity index (χ3v) is 2.20. The molecule has 0 saturated heterocycles. The lowest BCUT2D eigenvalue weighted by molar-refractivity contribution is -0.141. The van der Waals surface area contributed by atoms with Gasteiger partial charge in [0.05, 0.1) is 7.11 Å². The molecule has 0 bridgehead atoms. The number of nitrogens with two attached hydrogens (primary N) is 1. The summed E-state index contributed by atoms with van der Waals surface area (Å²) >= 11 is 0. The van der Waals surface area contributed by atoms with Gasteiger partial charge in [-0.05, 0) is 24.5 Å². The van der Waals surface area contributed by atoms with Gasteiger partial charge in [-0.25, -0.2) is 4.79 Å². The molecule has 0 aliphatic carbocycles. The van der Waals surface area contributed by atoms with Gasteiger partial charge >= 0.3 is 5.97 Å². The monoisotopic (exact) mass is 238 g/mol. The summed E-state index contributed by atoms with van der Waals surface area (Å²) in [5, 5.41) is 10.5. The van der Waals surface area contributed by atoms with Gasteiger partial charge in [-0.2, -0.15) is 0 Å². The van der Waals surface area contributed by atoms with Crippen molar-refractivity contribution in [1.29, 1.82) is 0 Å². The molecular weight excluding hydrogens is 220 g/mol. The van der Waals surface area contributed by atoms with Gasteiger partial charge in [-0.3, -0.25) is 0 Å². The van der Waals surface area contributed by atoms with Crippen LogP contribution in [0.2, 0.25) is 0 Å². The number of nitrogen functional groups attached to an aromatic ring is 1. The van der Waals surface area contributed by atoms with Gasteiger partial charge in [0.2, 0.25) is 0 Å². The van der Waals surface area contributed by atoms with Crippen molar-refractivity contribution in [1.82, 2.24) is 10.2 Å². The van der Waals surface area contributed by atoms with E-state index in [0.29, 0.717) is 24.0 Å². The van der Waals surface area contributed by atoms with Crippen molar-refractivity contribution in [3.05, 3.63) is 12.1 Å². The van der Waals surface area contributed by atoms with Crippen LogP contribution in [-0.2, 0) is 9.53 Å². The van der Waals surface area contributed by atoms with Crippen LogP contribution in [0.3, 0.4) is 0 Å². The number of hydrogen-bond donors (Lipinski definition) is 2. The van der Waals surface area contributed by atoms with Crippen LogP contribution in [0.1, 0.15) is 20.3 Å². The first-order chi connectivity index (χ1) is 8.02. The van der Waals surface area contributed by atoms with E-state index in [9.17, 15) is 4.79 Å². The molecule has 0 aromatic carbocycles. The first kappa shape index (κ1) is 13.2. The lowest BCUT2D eigenvalue weighted by Crippen LogP contribution is -2.32. The highest BCUT2D eigenvalue weighted by Crippen LogP contribution is 2.12. The predicted molar refractivity (Wildman–Crippen MR) is 65.3 cm³/mol. The molecule has 17 heavy (non-hydrogen) atoms. The number of hydrogen-bond acceptors (Lipinski definition) is 6. The van der Waals surface area contributed by atoms with Crippen molar-refractivity contribution in [3.63, 3.8) is 0 Å². The van der Waals surface area contributed by atoms with E-state index >= 15 is 0 Å². The summed E-state index contributed by atoms with van der Waals surface area (Å²) in [5.74, 6) is 0.912. The van der Waals surface area contributed by atoms with Crippen molar-refractivity contribution in [3.8, 4) is 0 Å². The van der Waals surface area contributed by atoms with E-state index in [1.165, 1.54) is 7.11 Å². The second-order valence-corrected chi connectivity index (χ2v) is 4.19. The van der Waals surface area contributed by atoms with E-state index in [-0.39, 0.29) is 5.97 Å². The molecule has 1 atom stereocenters. The molecule has 3 N–H and O–H groups in total. The molecule has 6 nitrogen and oxygen atoms in total. The zero-order chi connectivity index (χ0) is 12.8. The molecule has 0 saturated carbocycles. The minimum Gasteiger partial charge on any atom is -0.467 e. The molecule has 0 aliphatic rings. The number of nitrogens with zero attached hydrogens (tertiary/aromatic N) is 2. The first-order valence-electron chi connectivity index (χ1n) is 5.46. The second-order valence-electron chi connectivity index (χ2n) is 4.19. The highest BCUT2D eigenvalue weighted by Gasteiger charge is 2.20. The Labute approximate surface area is 101 Å². The largest absolute Gasteiger partial charge is 0.467 e. The zero-order valence-corrected chi connectivity index (χ0v) is 10.3. The Balaban J connectivity index is 2.71. The lowest BCUT2D eigenvalue weighted by atomic mass is 10.0. The Morgan fingerprint density at radius 3 is 2.65 bits per heavy atom. The number of carbonyl (C=O) groups is 1.